The van der Waals surface area contributed by atoms with Crippen molar-refractivity contribution in [1.29, 1.82) is 0 Å². The zero-order valence-corrected chi connectivity index (χ0v) is 14.7. The normalized spacial score (nSPS) is 27.5. The highest BCUT2D eigenvalue weighted by Gasteiger charge is 2.42. The third kappa shape index (κ3) is 4.03. The summed E-state index contributed by atoms with van der Waals surface area (Å²) in [6, 6.07) is 8.44. The number of hydrogen-bond donors (Lipinski definition) is 0. The molecule has 1 aromatic carbocycles. The number of hydrogen-bond acceptors (Lipinski definition) is 3. The van der Waals surface area contributed by atoms with Gasteiger partial charge in [-0.2, -0.15) is 0 Å². The van der Waals surface area contributed by atoms with E-state index in [1.54, 1.807) is 0 Å². The van der Waals surface area contributed by atoms with Gasteiger partial charge in [0, 0.05) is 5.92 Å². The van der Waals surface area contributed by atoms with Crippen LogP contribution in [0.5, 0.6) is 0 Å². The Morgan fingerprint density at radius 3 is 2.43 bits per heavy atom. The van der Waals surface area contributed by atoms with E-state index >= 15 is 0 Å². The SMILES string of the molecule is C=C(C)[C@@H]1C[C@@H](C(=O)OCC)[C@@H](CC)O[C@H]1c1ccc(C)cc1. The van der Waals surface area contributed by atoms with Crippen LogP contribution in [0.25, 0.3) is 0 Å². The van der Waals surface area contributed by atoms with Gasteiger partial charge in [0.05, 0.1) is 24.7 Å². The molecule has 0 aromatic heterocycles. The molecule has 0 amide bonds. The Morgan fingerprint density at radius 2 is 1.91 bits per heavy atom. The predicted octanol–water partition coefficient (Wildman–Crippen LogP) is 4.61. The number of carbonyl (C=O) groups excluding carboxylic acids is 1. The molecule has 1 aromatic rings. The molecule has 2 rings (SSSR count). The van der Waals surface area contributed by atoms with Gasteiger partial charge < -0.3 is 9.47 Å². The lowest BCUT2D eigenvalue weighted by atomic mass is 9.77. The topological polar surface area (TPSA) is 35.5 Å². The van der Waals surface area contributed by atoms with E-state index in [1.807, 2.05) is 13.8 Å². The van der Waals surface area contributed by atoms with Crippen molar-refractivity contribution < 1.29 is 14.3 Å². The second kappa shape index (κ2) is 7.78. The number of ether oxygens (including phenoxy) is 2. The van der Waals surface area contributed by atoms with Gasteiger partial charge in [0.15, 0.2) is 0 Å². The molecular weight excluding hydrogens is 288 g/mol. The van der Waals surface area contributed by atoms with Crippen LogP contribution in [0.15, 0.2) is 36.4 Å². The standard InChI is InChI=1S/C20H28O3/c1-6-18-17(20(21)22-7-2)12-16(13(3)4)19(23-18)15-10-8-14(5)9-11-15/h8-11,16-19H,3,6-7,12H2,1-2,4-5H3/t16-,17+,18+,19-/m0/s1. The summed E-state index contributed by atoms with van der Waals surface area (Å²) in [6.45, 7) is 12.5. The van der Waals surface area contributed by atoms with E-state index in [2.05, 4.69) is 44.7 Å². The summed E-state index contributed by atoms with van der Waals surface area (Å²) in [6.07, 6.45) is 1.40. The Hall–Kier alpha value is -1.61. The summed E-state index contributed by atoms with van der Waals surface area (Å²) < 4.78 is 11.6. The maximum absolute atomic E-state index is 12.3. The number of aryl methyl sites for hydroxylation is 1. The van der Waals surface area contributed by atoms with Crippen LogP contribution in [0.2, 0.25) is 0 Å². The van der Waals surface area contributed by atoms with Crippen molar-refractivity contribution >= 4 is 5.97 Å². The molecule has 3 nitrogen and oxygen atoms in total. The van der Waals surface area contributed by atoms with Gasteiger partial charge in [0.25, 0.3) is 0 Å². The molecule has 1 heterocycles. The minimum atomic E-state index is -0.205. The summed E-state index contributed by atoms with van der Waals surface area (Å²) in [5, 5.41) is 0. The van der Waals surface area contributed by atoms with Crippen LogP contribution < -0.4 is 0 Å². The quantitative estimate of drug-likeness (QED) is 0.588. The smallest absolute Gasteiger partial charge is 0.311 e. The Morgan fingerprint density at radius 1 is 1.26 bits per heavy atom. The summed E-state index contributed by atoms with van der Waals surface area (Å²) in [7, 11) is 0. The first kappa shape index (κ1) is 17.7. The molecule has 0 saturated carbocycles. The van der Waals surface area contributed by atoms with Gasteiger partial charge in [-0.25, -0.2) is 0 Å². The first-order valence-corrected chi connectivity index (χ1v) is 8.51. The minimum absolute atomic E-state index is 0.0382. The zero-order chi connectivity index (χ0) is 17.0. The van der Waals surface area contributed by atoms with Gasteiger partial charge in [-0.1, -0.05) is 48.9 Å². The Balaban J connectivity index is 2.28. The first-order valence-electron chi connectivity index (χ1n) is 8.51. The Kier molecular flexibility index (Phi) is 6.00. The van der Waals surface area contributed by atoms with Crippen LogP contribution >= 0.6 is 0 Å². The molecule has 23 heavy (non-hydrogen) atoms. The summed E-state index contributed by atoms with van der Waals surface area (Å²) >= 11 is 0. The van der Waals surface area contributed by atoms with E-state index in [0.717, 1.165) is 24.0 Å². The van der Waals surface area contributed by atoms with Crippen LogP contribution in [0.1, 0.15) is 50.8 Å². The Bertz CT molecular complexity index is 547. The molecule has 0 bridgehead atoms. The first-order chi connectivity index (χ1) is 11.0. The van der Waals surface area contributed by atoms with Crippen molar-refractivity contribution in [2.75, 3.05) is 6.61 Å². The number of benzene rings is 1. The number of rotatable bonds is 5. The molecule has 1 aliphatic rings. The highest BCUT2D eigenvalue weighted by molar-refractivity contribution is 5.73. The predicted molar refractivity (Wildman–Crippen MR) is 92.1 cm³/mol. The van der Waals surface area contributed by atoms with Gasteiger partial charge >= 0.3 is 5.97 Å². The monoisotopic (exact) mass is 316 g/mol. The van der Waals surface area contributed by atoms with Crippen molar-refractivity contribution in [3.05, 3.63) is 47.5 Å². The van der Waals surface area contributed by atoms with E-state index in [1.165, 1.54) is 5.56 Å². The van der Waals surface area contributed by atoms with Crippen LogP contribution in [-0.2, 0) is 14.3 Å². The Labute approximate surface area is 139 Å². The van der Waals surface area contributed by atoms with E-state index in [9.17, 15) is 4.79 Å². The van der Waals surface area contributed by atoms with Crippen molar-refractivity contribution in [3.63, 3.8) is 0 Å². The van der Waals surface area contributed by atoms with Gasteiger partial charge in [-0.3, -0.25) is 4.79 Å². The highest BCUT2D eigenvalue weighted by atomic mass is 16.5. The van der Waals surface area contributed by atoms with Gasteiger partial charge in [0.1, 0.15) is 0 Å². The number of esters is 1. The maximum atomic E-state index is 12.3. The maximum Gasteiger partial charge on any atom is 0.311 e. The lowest BCUT2D eigenvalue weighted by Crippen LogP contribution is -2.41. The zero-order valence-electron chi connectivity index (χ0n) is 14.7. The van der Waals surface area contributed by atoms with Crippen molar-refractivity contribution in [3.8, 4) is 0 Å². The van der Waals surface area contributed by atoms with Gasteiger partial charge in [-0.15, -0.1) is 0 Å². The molecule has 0 unspecified atom stereocenters. The summed E-state index contributed by atoms with van der Waals surface area (Å²) in [5.41, 5.74) is 3.44. The molecule has 0 aliphatic carbocycles. The fourth-order valence-electron chi connectivity index (χ4n) is 3.33. The largest absolute Gasteiger partial charge is 0.466 e. The fraction of sp³-hybridized carbons (Fsp3) is 0.550. The summed E-state index contributed by atoms with van der Waals surface area (Å²) in [5.74, 6) is -0.216. The van der Waals surface area contributed by atoms with E-state index in [-0.39, 0.29) is 30.0 Å². The van der Waals surface area contributed by atoms with Crippen LogP contribution in [-0.4, -0.2) is 18.7 Å². The minimum Gasteiger partial charge on any atom is -0.466 e. The second-order valence-electron chi connectivity index (χ2n) is 6.46. The molecule has 0 N–H and O–H groups in total. The lowest BCUT2D eigenvalue weighted by Gasteiger charge is -2.41. The summed E-state index contributed by atoms with van der Waals surface area (Å²) in [4.78, 5) is 12.3. The average Bonchev–Trinajstić information content (AvgIpc) is 2.54. The average molecular weight is 316 g/mol. The molecular formula is C20H28O3. The van der Waals surface area contributed by atoms with Crippen LogP contribution in [0.4, 0.5) is 0 Å². The molecule has 1 fully saturated rings. The third-order valence-electron chi connectivity index (χ3n) is 4.67. The van der Waals surface area contributed by atoms with Crippen LogP contribution in [0, 0.1) is 18.8 Å². The van der Waals surface area contributed by atoms with Crippen molar-refractivity contribution in [2.24, 2.45) is 11.8 Å². The van der Waals surface area contributed by atoms with Gasteiger partial charge in [0.2, 0.25) is 0 Å². The molecule has 4 atom stereocenters. The van der Waals surface area contributed by atoms with Crippen LogP contribution in [0.3, 0.4) is 0 Å². The number of carbonyl (C=O) groups is 1. The molecule has 1 aliphatic heterocycles. The second-order valence-corrected chi connectivity index (χ2v) is 6.46. The molecule has 126 valence electrons. The molecule has 1 saturated heterocycles. The molecule has 0 spiro atoms. The van der Waals surface area contributed by atoms with E-state index < -0.39 is 0 Å². The van der Waals surface area contributed by atoms with Crippen molar-refractivity contribution in [2.45, 2.75) is 52.7 Å². The third-order valence-corrected chi connectivity index (χ3v) is 4.67. The molecule has 3 heteroatoms. The lowest BCUT2D eigenvalue weighted by molar-refractivity contribution is -0.168. The van der Waals surface area contributed by atoms with E-state index in [0.29, 0.717) is 6.61 Å². The highest BCUT2D eigenvalue weighted by Crippen LogP contribution is 2.43. The molecule has 0 radical (unpaired) electrons. The van der Waals surface area contributed by atoms with Crippen molar-refractivity contribution in [1.82, 2.24) is 0 Å². The van der Waals surface area contributed by atoms with Gasteiger partial charge in [-0.05, 0) is 39.2 Å². The van der Waals surface area contributed by atoms with E-state index in [4.69, 9.17) is 9.47 Å². The fourth-order valence-corrected chi connectivity index (χ4v) is 3.33.